The minimum absolute atomic E-state index is 0.168. The molecule has 0 aromatic carbocycles. The second-order valence-electron chi connectivity index (χ2n) is 3.67. The number of hydrogen-bond acceptors (Lipinski definition) is 5. The normalized spacial score (nSPS) is 12.5. The van der Waals surface area contributed by atoms with Crippen LogP contribution in [0.3, 0.4) is 0 Å². The lowest BCUT2D eigenvalue weighted by atomic mass is 10.2. The molecule has 0 saturated heterocycles. The van der Waals surface area contributed by atoms with Crippen molar-refractivity contribution < 1.29 is 13.9 Å². The Labute approximate surface area is 99.5 Å². The summed E-state index contributed by atoms with van der Waals surface area (Å²) in [5.41, 5.74) is 6.13. The SMILES string of the molecule is COC(=O)c1cc(CSCC(C)N)oc1C. The number of hydrogen-bond donors (Lipinski definition) is 1. The molecule has 0 bridgehead atoms. The van der Waals surface area contributed by atoms with Crippen molar-refractivity contribution in [3.8, 4) is 0 Å². The summed E-state index contributed by atoms with van der Waals surface area (Å²) in [6.45, 7) is 3.71. The summed E-state index contributed by atoms with van der Waals surface area (Å²) in [5, 5.41) is 0. The largest absolute Gasteiger partial charge is 0.465 e. The number of rotatable bonds is 5. The molecule has 1 rings (SSSR count). The fourth-order valence-corrected chi connectivity index (χ4v) is 2.11. The van der Waals surface area contributed by atoms with E-state index in [-0.39, 0.29) is 12.0 Å². The zero-order chi connectivity index (χ0) is 12.1. The zero-order valence-corrected chi connectivity index (χ0v) is 10.6. The predicted octanol–water partition coefficient (Wildman–Crippen LogP) is 1.96. The Balaban J connectivity index is 2.59. The monoisotopic (exact) mass is 243 g/mol. The molecule has 0 amide bonds. The van der Waals surface area contributed by atoms with Gasteiger partial charge in [0, 0.05) is 11.8 Å². The van der Waals surface area contributed by atoms with E-state index in [1.54, 1.807) is 24.8 Å². The smallest absolute Gasteiger partial charge is 0.341 e. The number of esters is 1. The van der Waals surface area contributed by atoms with Crippen LogP contribution in [0.25, 0.3) is 0 Å². The lowest BCUT2D eigenvalue weighted by molar-refractivity contribution is 0.0599. The first-order valence-electron chi connectivity index (χ1n) is 5.05. The second-order valence-corrected chi connectivity index (χ2v) is 4.70. The van der Waals surface area contributed by atoms with Gasteiger partial charge in [-0.25, -0.2) is 4.79 Å². The second kappa shape index (κ2) is 5.96. The van der Waals surface area contributed by atoms with Gasteiger partial charge in [0.1, 0.15) is 17.1 Å². The first kappa shape index (κ1) is 13.1. The van der Waals surface area contributed by atoms with Crippen molar-refractivity contribution in [3.63, 3.8) is 0 Å². The molecule has 0 spiro atoms. The summed E-state index contributed by atoms with van der Waals surface area (Å²) in [6, 6.07) is 1.90. The molecule has 1 aromatic heterocycles. The molecule has 1 aromatic rings. The summed E-state index contributed by atoms with van der Waals surface area (Å²) in [5.74, 6) is 2.61. The Bertz CT molecular complexity index is 360. The van der Waals surface area contributed by atoms with Crippen molar-refractivity contribution in [1.29, 1.82) is 0 Å². The highest BCUT2D eigenvalue weighted by Crippen LogP contribution is 2.20. The van der Waals surface area contributed by atoms with Gasteiger partial charge in [-0.2, -0.15) is 11.8 Å². The van der Waals surface area contributed by atoms with E-state index in [1.807, 2.05) is 6.92 Å². The fraction of sp³-hybridized carbons (Fsp3) is 0.545. The van der Waals surface area contributed by atoms with Gasteiger partial charge in [-0.05, 0) is 19.9 Å². The molecule has 0 radical (unpaired) electrons. The van der Waals surface area contributed by atoms with Crippen molar-refractivity contribution in [2.24, 2.45) is 5.73 Å². The lowest BCUT2D eigenvalue weighted by Crippen LogP contribution is -2.17. The molecule has 1 unspecified atom stereocenters. The highest BCUT2D eigenvalue weighted by molar-refractivity contribution is 7.98. The summed E-state index contributed by atoms with van der Waals surface area (Å²) < 4.78 is 10.1. The average Bonchev–Trinajstić information content (AvgIpc) is 2.58. The minimum Gasteiger partial charge on any atom is -0.465 e. The van der Waals surface area contributed by atoms with Crippen LogP contribution in [0, 0.1) is 6.92 Å². The maximum atomic E-state index is 11.3. The fourth-order valence-electron chi connectivity index (χ4n) is 1.27. The molecule has 0 saturated carbocycles. The highest BCUT2D eigenvalue weighted by Gasteiger charge is 2.15. The molecule has 4 nitrogen and oxygen atoms in total. The molecule has 90 valence electrons. The van der Waals surface area contributed by atoms with Crippen molar-refractivity contribution in [3.05, 3.63) is 23.2 Å². The standard InChI is InChI=1S/C11H17NO3S/c1-7(12)5-16-6-9-4-10(8(2)15-9)11(13)14-3/h4,7H,5-6,12H2,1-3H3. The van der Waals surface area contributed by atoms with E-state index in [2.05, 4.69) is 4.74 Å². The molecular formula is C11H17NO3S. The number of ether oxygens (including phenoxy) is 1. The number of furan rings is 1. The lowest BCUT2D eigenvalue weighted by Gasteiger charge is -2.01. The van der Waals surface area contributed by atoms with Crippen LogP contribution in [0.2, 0.25) is 0 Å². The first-order chi connectivity index (χ1) is 7.54. The van der Waals surface area contributed by atoms with Crippen LogP contribution in [0.5, 0.6) is 0 Å². The molecule has 0 aliphatic rings. The van der Waals surface area contributed by atoms with E-state index < -0.39 is 0 Å². The van der Waals surface area contributed by atoms with Gasteiger partial charge in [0.2, 0.25) is 0 Å². The average molecular weight is 243 g/mol. The molecule has 1 atom stereocenters. The van der Waals surface area contributed by atoms with Crippen LogP contribution in [-0.4, -0.2) is 24.9 Å². The molecule has 5 heteroatoms. The molecule has 0 aliphatic carbocycles. The van der Waals surface area contributed by atoms with Crippen molar-refractivity contribution >= 4 is 17.7 Å². The molecule has 1 heterocycles. The number of carbonyl (C=O) groups excluding carboxylic acids is 1. The number of carbonyl (C=O) groups is 1. The highest BCUT2D eigenvalue weighted by atomic mass is 32.2. The summed E-state index contributed by atoms with van der Waals surface area (Å²) >= 11 is 1.68. The van der Waals surface area contributed by atoms with Crippen LogP contribution in [0.1, 0.15) is 28.8 Å². The summed E-state index contributed by atoms with van der Waals surface area (Å²) in [4.78, 5) is 11.3. The van der Waals surface area contributed by atoms with Gasteiger partial charge >= 0.3 is 5.97 Å². The third-order valence-corrected chi connectivity index (χ3v) is 3.25. The van der Waals surface area contributed by atoms with E-state index in [9.17, 15) is 4.79 Å². The Morgan fingerprint density at radius 2 is 2.38 bits per heavy atom. The van der Waals surface area contributed by atoms with Crippen LogP contribution in [0.4, 0.5) is 0 Å². The number of methoxy groups -OCH3 is 1. The molecule has 2 N–H and O–H groups in total. The number of nitrogens with two attached hydrogens (primary N) is 1. The van der Waals surface area contributed by atoms with Crippen molar-refractivity contribution in [1.82, 2.24) is 0 Å². The summed E-state index contributed by atoms with van der Waals surface area (Å²) in [7, 11) is 1.36. The Hall–Kier alpha value is -0.940. The van der Waals surface area contributed by atoms with Gasteiger partial charge in [-0.1, -0.05) is 0 Å². The first-order valence-corrected chi connectivity index (χ1v) is 6.21. The third kappa shape index (κ3) is 3.57. The Kier molecular flexibility index (Phi) is 4.89. The van der Waals surface area contributed by atoms with E-state index in [4.69, 9.17) is 10.2 Å². The number of thioether (sulfide) groups is 1. The quantitative estimate of drug-likeness (QED) is 0.801. The van der Waals surface area contributed by atoms with Gasteiger partial charge in [0.05, 0.1) is 12.9 Å². The van der Waals surface area contributed by atoms with E-state index in [0.717, 1.165) is 17.3 Å². The molecule has 0 aliphatic heterocycles. The van der Waals surface area contributed by atoms with Gasteiger partial charge in [-0.15, -0.1) is 0 Å². The maximum absolute atomic E-state index is 11.3. The van der Waals surface area contributed by atoms with Crippen molar-refractivity contribution in [2.75, 3.05) is 12.9 Å². The van der Waals surface area contributed by atoms with E-state index >= 15 is 0 Å². The van der Waals surface area contributed by atoms with E-state index in [1.165, 1.54) is 7.11 Å². The van der Waals surface area contributed by atoms with Gasteiger partial charge in [0.15, 0.2) is 0 Å². The van der Waals surface area contributed by atoms with Crippen LogP contribution in [-0.2, 0) is 10.5 Å². The number of aryl methyl sites for hydroxylation is 1. The minimum atomic E-state index is -0.357. The molecular weight excluding hydrogens is 226 g/mol. The van der Waals surface area contributed by atoms with Gasteiger partial charge in [-0.3, -0.25) is 0 Å². The Morgan fingerprint density at radius 3 is 2.94 bits per heavy atom. The topological polar surface area (TPSA) is 65.5 Å². The van der Waals surface area contributed by atoms with Crippen LogP contribution in [0.15, 0.2) is 10.5 Å². The molecule has 0 fully saturated rings. The maximum Gasteiger partial charge on any atom is 0.341 e. The Morgan fingerprint density at radius 1 is 1.69 bits per heavy atom. The van der Waals surface area contributed by atoms with Gasteiger partial charge < -0.3 is 14.9 Å². The van der Waals surface area contributed by atoms with E-state index in [0.29, 0.717) is 11.3 Å². The van der Waals surface area contributed by atoms with Gasteiger partial charge in [0.25, 0.3) is 0 Å². The van der Waals surface area contributed by atoms with Crippen LogP contribution < -0.4 is 5.73 Å². The summed E-state index contributed by atoms with van der Waals surface area (Å²) in [6.07, 6.45) is 0. The molecule has 16 heavy (non-hydrogen) atoms. The predicted molar refractivity (Wildman–Crippen MR) is 64.6 cm³/mol. The zero-order valence-electron chi connectivity index (χ0n) is 9.78. The van der Waals surface area contributed by atoms with Crippen molar-refractivity contribution in [2.45, 2.75) is 25.6 Å². The van der Waals surface area contributed by atoms with Crippen LogP contribution >= 0.6 is 11.8 Å². The third-order valence-electron chi connectivity index (χ3n) is 2.00.